The van der Waals surface area contributed by atoms with Gasteiger partial charge in [0.15, 0.2) is 0 Å². The van der Waals surface area contributed by atoms with E-state index in [-0.39, 0.29) is 39.7 Å². The van der Waals surface area contributed by atoms with Gasteiger partial charge in [-0.3, -0.25) is 14.5 Å². The normalized spacial score (nSPS) is 15.3. The minimum atomic E-state index is -0.606. The molecule has 2 aromatic rings. The van der Waals surface area contributed by atoms with Crippen LogP contribution in [-0.2, 0) is 22.6 Å². The van der Waals surface area contributed by atoms with Crippen molar-refractivity contribution in [2.24, 2.45) is 5.92 Å². The zero-order valence-corrected chi connectivity index (χ0v) is 20.7. The van der Waals surface area contributed by atoms with Crippen LogP contribution >= 0.6 is 23.2 Å². The summed E-state index contributed by atoms with van der Waals surface area (Å²) in [6, 6.07) is 10.1. The van der Waals surface area contributed by atoms with Crippen LogP contribution in [0.5, 0.6) is 0 Å². The van der Waals surface area contributed by atoms with Gasteiger partial charge in [0.05, 0.1) is 11.4 Å². The van der Waals surface area contributed by atoms with Crippen molar-refractivity contribution in [3.8, 4) is 0 Å². The van der Waals surface area contributed by atoms with Crippen LogP contribution < -0.4 is 10.6 Å². The lowest BCUT2D eigenvalue weighted by Crippen LogP contribution is -2.46. The van der Waals surface area contributed by atoms with Crippen molar-refractivity contribution in [2.45, 2.75) is 52.1 Å². The molecule has 0 atom stereocenters. The fourth-order valence-corrected chi connectivity index (χ4v) is 4.36. The van der Waals surface area contributed by atoms with Gasteiger partial charge in [-0.25, -0.2) is 4.39 Å². The minimum absolute atomic E-state index is 0.0515. The van der Waals surface area contributed by atoms with Crippen molar-refractivity contribution >= 4 is 40.7 Å². The number of nitrogens with one attached hydrogen (secondary N) is 2. The van der Waals surface area contributed by atoms with E-state index in [9.17, 15) is 14.0 Å². The van der Waals surface area contributed by atoms with E-state index in [1.807, 2.05) is 45.0 Å². The number of likely N-dealkylation sites (tertiary alicyclic amines) is 1. The van der Waals surface area contributed by atoms with Crippen LogP contribution in [0.2, 0.25) is 10.0 Å². The fourth-order valence-electron chi connectivity index (χ4n) is 3.91. The monoisotopic (exact) mass is 493 g/mol. The van der Waals surface area contributed by atoms with Crippen molar-refractivity contribution in [3.63, 3.8) is 0 Å². The Morgan fingerprint density at radius 2 is 1.79 bits per heavy atom. The zero-order valence-electron chi connectivity index (χ0n) is 19.2. The highest BCUT2D eigenvalue weighted by molar-refractivity contribution is 6.35. The molecule has 1 aliphatic rings. The molecule has 2 amide bonds. The number of amides is 2. The summed E-state index contributed by atoms with van der Waals surface area (Å²) in [7, 11) is 0. The van der Waals surface area contributed by atoms with E-state index in [1.165, 1.54) is 12.1 Å². The van der Waals surface area contributed by atoms with Crippen LogP contribution in [0.15, 0.2) is 36.4 Å². The Balaban J connectivity index is 1.53. The number of carbonyl (C=O) groups excluding carboxylic acids is 2. The van der Waals surface area contributed by atoms with Crippen LogP contribution in [0.1, 0.15) is 44.7 Å². The first-order valence-corrected chi connectivity index (χ1v) is 11.8. The number of hydrogen-bond donors (Lipinski definition) is 2. The number of nitrogens with zero attached hydrogens (tertiary/aromatic N) is 1. The summed E-state index contributed by atoms with van der Waals surface area (Å²) in [6.07, 6.45) is 1.61. The van der Waals surface area contributed by atoms with Crippen LogP contribution in [-0.4, -0.2) is 35.3 Å². The smallest absolute Gasteiger partial charge is 0.228 e. The molecule has 0 saturated carbocycles. The summed E-state index contributed by atoms with van der Waals surface area (Å²) < 4.78 is 13.7. The Kier molecular flexibility index (Phi) is 8.38. The minimum Gasteiger partial charge on any atom is -0.351 e. The average Bonchev–Trinajstić information content (AvgIpc) is 2.71. The predicted octanol–water partition coefficient (Wildman–Crippen LogP) is 5.44. The van der Waals surface area contributed by atoms with Gasteiger partial charge in [-0.05, 0) is 82.1 Å². The van der Waals surface area contributed by atoms with Crippen molar-refractivity contribution in [1.82, 2.24) is 10.2 Å². The summed E-state index contributed by atoms with van der Waals surface area (Å²) in [5.74, 6) is -0.713. The third-order valence-electron chi connectivity index (χ3n) is 5.51. The first-order valence-electron chi connectivity index (χ1n) is 11.1. The van der Waals surface area contributed by atoms with E-state index in [0.29, 0.717) is 11.3 Å². The second kappa shape index (κ2) is 10.9. The van der Waals surface area contributed by atoms with Gasteiger partial charge < -0.3 is 10.6 Å². The molecule has 5 nitrogen and oxygen atoms in total. The summed E-state index contributed by atoms with van der Waals surface area (Å²) in [5.41, 5.74) is 1.90. The quantitative estimate of drug-likeness (QED) is 0.526. The molecule has 0 bridgehead atoms. The third kappa shape index (κ3) is 7.70. The number of piperidine rings is 1. The molecule has 0 spiro atoms. The van der Waals surface area contributed by atoms with Gasteiger partial charge in [-0.15, -0.1) is 0 Å². The summed E-state index contributed by atoms with van der Waals surface area (Å²) in [5, 5.41) is 6.10. The van der Waals surface area contributed by atoms with Crippen LogP contribution in [0.4, 0.5) is 10.1 Å². The lowest BCUT2D eigenvalue weighted by Gasteiger charge is -2.33. The number of anilines is 1. The van der Waals surface area contributed by atoms with Gasteiger partial charge in [0, 0.05) is 28.7 Å². The summed E-state index contributed by atoms with van der Waals surface area (Å²) >= 11 is 11.8. The Morgan fingerprint density at radius 1 is 1.09 bits per heavy atom. The van der Waals surface area contributed by atoms with Gasteiger partial charge in [-0.2, -0.15) is 0 Å². The van der Waals surface area contributed by atoms with Crippen molar-refractivity contribution < 1.29 is 14.0 Å². The second-order valence-electron chi connectivity index (χ2n) is 9.57. The highest BCUT2D eigenvalue weighted by atomic mass is 35.5. The number of rotatable bonds is 6. The van der Waals surface area contributed by atoms with Crippen molar-refractivity contribution in [2.75, 3.05) is 18.4 Å². The standard InChI is InChI=1S/C25H30Cl2FN3O2/c1-25(2,3)30-24(33)17-7-9-31(10-8-17)15-16-5-4-6-19(11-16)29-23(32)13-18-12-22(28)21(27)14-20(18)26/h4-6,11-12,14,17H,7-10,13,15H2,1-3H3,(H,29,32)(H,30,33). The van der Waals surface area contributed by atoms with E-state index in [1.54, 1.807) is 0 Å². The van der Waals surface area contributed by atoms with Gasteiger partial charge in [0.2, 0.25) is 11.8 Å². The second-order valence-corrected chi connectivity index (χ2v) is 10.4. The lowest BCUT2D eigenvalue weighted by molar-refractivity contribution is -0.128. The SMILES string of the molecule is CC(C)(C)NC(=O)C1CCN(Cc2cccc(NC(=O)Cc3cc(F)c(Cl)cc3Cl)c2)CC1. The van der Waals surface area contributed by atoms with Gasteiger partial charge in [0.25, 0.3) is 0 Å². The molecule has 33 heavy (non-hydrogen) atoms. The first kappa shape index (κ1) is 25.5. The molecule has 1 heterocycles. The van der Waals surface area contributed by atoms with Crippen LogP contribution in [0.25, 0.3) is 0 Å². The highest BCUT2D eigenvalue weighted by Gasteiger charge is 2.27. The maximum absolute atomic E-state index is 13.7. The fraction of sp³-hybridized carbons (Fsp3) is 0.440. The van der Waals surface area contributed by atoms with E-state index in [4.69, 9.17) is 23.2 Å². The molecule has 1 fully saturated rings. The predicted molar refractivity (Wildman–Crippen MR) is 131 cm³/mol. The van der Waals surface area contributed by atoms with Crippen molar-refractivity contribution in [3.05, 3.63) is 63.4 Å². The Bertz CT molecular complexity index is 1020. The molecule has 0 aromatic heterocycles. The van der Waals surface area contributed by atoms with Gasteiger partial charge in [-0.1, -0.05) is 35.3 Å². The Morgan fingerprint density at radius 3 is 2.45 bits per heavy atom. The molecule has 1 saturated heterocycles. The van der Waals surface area contributed by atoms with Crippen molar-refractivity contribution in [1.29, 1.82) is 0 Å². The largest absolute Gasteiger partial charge is 0.351 e. The van der Waals surface area contributed by atoms with Gasteiger partial charge in [0.1, 0.15) is 5.82 Å². The summed E-state index contributed by atoms with van der Waals surface area (Å²) in [6.45, 7) is 8.42. The molecule has 0 radical (unpaired) electrons. The lowest BCUT2D eigenvalue weighted by atomic mass is 9.94. The number of carbonyl (C=O) groups is 2. The van der Waals surface area contributed by atoms with Crippen LogP contribution in [0.3, 0.4) is 0 Å². The summed E-state index contributed by atoms with van der Waals surface area (Å²) in [4.78, 5) is 27.2. The molecule has 0 aliphatic carbocycles. The maximum atomic E-state index is 13.7. The molecule has 0 unspecified atom stereocenters. The Labute approximate surface area is 204 Å². The Hall–Kier alpha value is -2.15. The van der Waals surface area contributed by atoms with E-state index in [2.05, 4.69) is 15.5 Å². The molecule has 8 heteroatoms. The first-order chi connectivity index (χ1) is 15.5. The maximum Gasteiger partial charge on any atom is 0.228 e. The number of hydrogen-bond acceptors (Lipinski definition) is 3. The highest BCUT2D eigenvalue weighted by Crippen LogP contribution is 2.25. The molecule has 2 aromatic carbocycles. The van der Waals surface area contributed by atoms with E-state index < -0.39 is 5.82 Å². The molecule has 1 aliphatic heterocycles. The van der Waals surface area contributed by atoms with E-state index >= 15 is 0 Å². The van der Waals surface area contributed by atoms with E-state index in [0.717, 1.165) is 38.0 Å². The number of halogens is 3. The molecule has 2 N–H and O–H groups in total. The topological polar surface area (TPSA) is 61.4 Å². The van der Waals surface area contributed by atoms with Crippen LogP contribution in [0, 0.1) is 11.7 Å². The molecule has 178 valence electrons. The molecular weight excluding hydrogens is 464 g/mol. The molecular formula is C25H30Cl2FN3O2. The average molecular weight is 494 g/mol. The zero-order chi connectivity index (χ0) is 24.2. The third-order valence-corrected chi connectivity index (χ3v) is 6.16. The molecule has 3 rings (SSSR count). The van der Waals surface area contributed by atoms with Gasteiger partial charge >= 0.3 is 0 Å². The number of benzene rings is 2.